The van der Waals surface area contributed by atoms with E-state index < -0.39 is 23.2 Å². The molecular weight excluding hydrogens is 638 g/mol. The molecule has 2 aliphatic rings. The first-order chi connectivity index (χ1) is 23.8. The minimum Gasteiger partial charge on any atom is -0.493 e. The van der Waals surface area contributed by atoms with Gasteiger partial charge in [0.05, 0.1) is 20.0 Å². The molecule has 0 aromatic heterocycles. The topological polar surface area (TPSA) is 107 Å². The number of ether oxygens (including phenoxy) is 5. The number of amides is 3. The van der Waals surface area contributed by atoms with Crippen LogP contribution in [0.15, 0.2) is 60.4 Å². The molecule has 2 aromatic rings. The summed E-state index contributed by atoms with van der Waals surface area (Å²) in [6.45, 7) is 14.1. The number of rotatable bonds is 14. The third kappa shape index (κ3) is 10.2. The summed E-state index contributed by atoms with van der Waals surface area (Å²) < 4.78 is 28.1. The highest BCUT2D eigenvalue weighted by atomic mass is 16.6. The zero-order valence-corrected chi connectivity index (χ0v) is 31.0. The summed E-state index contributed by atoms with van der Waals surface area (Å²) in [6.07, 6.45) is 3.30. The number of piperidine rings is 1. The normalized spacial score (nSPS) is 19.3. The van der Waals surface area contributed by atoms with Crippen LogP contribution in [0.3, 0.4) is 0 Å². The van der Waals surface area contributed by atoms with Gasteiger partial charge in [0, 0.05) is 69.4 Å². The van der Waals surface area contributed by atoms with Crippen LogP contribution in [-0.2, 0) is 20.6 Å². The van der Waals surface area contributed by atoms with Gasteiger partial charge in [-0.05, 0) is 90.1 Å². The van der Waals surface area contributed by atoms with Gasteiger partial charge in [-0.1, -0.05) is 30.3 Å². The van der Waals surface area contributed by atoms with Gasteiger partial charge in [0.2, 0.25) is 0 Å². The summed E-state index contributed by atoms with van der Waals surface area (Å²) in [7, 11) is 3.21. The Kier molecular flexibility index (Phi) is 13.2. The van der Waals surface area contributed by atoms with Crippen LogP contribution in [0.2, 0.25) is 0 Å². The number of nitrogens with zero attached hydrogens (tertiary/aromatic N) is 3. The van der Waals surface area contributed by atoms with E-state index in [1.54, 1.807) is 42.2 Å². The number of benzene rings is 2. The second kappa shape index (κ2) is 17.1. The van der Waals surface area contributed by atoms with Crippen LogP contribution in [0, 0.1) is 5.41 Å². The van der Waals surface area contributed by atoms with Gasteiger partial charge in [0.25, 0.3) is 5.91 Å². The van der Waals surface area contributed by atoms with Crippen LogP contribution >= 0.6 is 0 Å². The van der Waals surface area contributed by atoms with Crippen molar-refractivity contribution in [3.05, 3.63) is 71.5 Å². The summed E-state index contributed by atoms with van der Waals surface area (Å²) in [6, 6.07) is 15.0. The van der Waals surface area contributed by atoms with Crippen LogP contribution in [0.5, 0.6) is 11.5 Å². The average Bonchev–Trinajstić information content (AvgIpc) is 3.75. The van der Waals surface area contributed by atoms with Crippen molar-refractivity contribution in [2.45, 2.75) is 84.9 Å². The molecule has 1 unspecified atom stereocenters. The van der Waals surface area contributed by atoms with Crippen molar-refractivity contribution in [3.63, 3.8) is 0 Å². The van der Waals surface area contributed by atoms with Gasteiger partial charge in [-0.2, -0.15) is 0 Å². The highest BCUT2D eigenvalue weighted by Gasteiger charge is 2.61. The number of carbonyl (C=O) groups excluding carboxylic acids is 3. The Labute approximate surface area is 297 Å². The number of likely N-dealkylation sites (tertiary alicyclic amines) is 1. The molecule has 0 bridgehead atoms. The molecule has 3 amide bonds. The lowest BCUT2D eigenvalue weighted by Crippen LogP contribution is -2.48. The smallest absolute Gasteiger partial charge is 0.414 e. The molecule has 2 fully saturated rings. The highest BCUT2D eigenvalue weighted by Crippen LogP contribution is 2.57. The van der Waals surface area contributed by atoms with Crippen molar-refractivity contribution in [2.75, 3.05) is 53.6 Å². The molecule has 11 nitrogen and oxygen atoms in total. The lowest BCUT2D eigenvalue weighted by molar-refractivity contribution is 0.0171. The monoisotopic (exact) mass is 693 g/mol. The third-order valence-corrected chi connectivity index (χ3v) is 9.04. The van der Waals surface area contributed by atoms with E-state index in [1.807, 2.05) is 76.8 Å². The fraction of sp³-hybridized carbons (Fsp3) is 0.564. The molecular formula is C39H55N3O8. The zero-order chi connectivity index (χ0) is 36.5. The molecule has 1 aliphatic carbocycles. The van der Waals surface area contributed by atoms with E-state index in [0.29, 0.717) is 75.6 Å². The van der Waals surface area contributed by atoms with Gasteiger partial charge >= 0.3 is 12.2 Å². The van der Waals surface area contributed by atoms with Crippen molar-refractivity contribution in [3.8, 4) is 11.5 Å². The van der Waals surface area contributed by atoms with Crippen LogP contribution in [-0.4, -0.2) is 104 Å². The van der Waals surface area contributed by atoms with E-state index in [0.717, 1.165) is 11.1 Å². The van der Waals surface area contributed by atoms with Crippen molar-refractivity contribution in [1.82, 2.24) is 14.7 Å². The molecule has 1 aliphatic heterocycles. The van der Waals surface area contributed by atoms with Gasteiger partial charge < -0.3 is 38.4 Å². The number of methoxy groups -OCH3 is 2. The quantitative estimate of drug-likeness (QED) is 0.155. The minimum atomic E-state index is -0.682. The first kappa shape index (κ1) is 38.6. The Bertz CT molecular complexity index is 1490. The predicted molar refractivity (Wildman–Crippen MR) is 192 cm³/mol. The van der Waals surface area contributed by atoms with E-state index >= 15 is 0 Å². The van der Waals surface area contributed by atoms with Crippen molar-refractivity contribution >= 4 is 18.1 Å². The highest BCUT2D eigenvalue weighted by molar-refractivity contribution is 5.95. The Hall–Kier alpha value is -4.25. The van der Waals surface area contributed by atoms with Crippen LogP contribution in [0.25, 0.3) is 0 Å². The molecule has 2 atom stereocenters. The number of hydrogen-bond donors (Lipinski definition) is 0. The molecule has 1 spiro atoms. The number of hydrogen-bond acceptors (Lipinski definition) is 8. The van der Waals surface area contributed by atoms with Crippen LogP contribution < -0.4 is 9.47 Å². The lowest BCUT2D eigenvalue weighted by Gasteiger charge is -2.38. The van der Waals surface area contributed by atoms with E-state index in [-0.39, 0.29) is 24.5 Å². The zero-order valence-electron chi connectivity index (χ0n) is 31.0. The maximum Gasteiger partial charge on any atom is 0.414 e. The van der Waals surface area contributed by atoms with Gasteiger partial charge in [-0.25, -0.2) is 9.59 Å². The Morgan fingerprint density at radius 1 is 1.04 bits per heavy atom. The Morgan fingerprint density at radius 2 is 1.78 bits per heavy atom. The molecule has 1 saturated carbocycles. The molecule has 0 N–H and O–H groups in total. The molecule has 1 heterocycles. The fourth-order valence-corrected chi connectivity index (χ4v) is 6.55. The van der Waals surface area contributed by atoms with E-state index in [2.05, 4.69) is 0 Å². The number of likely N-dealkylation sites (N-methyl/N-ethyl adjacent to an activating group) is 1. The predicted octanol–water partition coefficient (Wildman–Crippen LogP) is 6.95. The third-order valence-electron chi connectivity index (χ3n) is 9.04. The van der Waals surface area contributed by atoms with Gasteiger partial charge in [0.15, 0.2) is 11.5 Å². The maximum atomic E-state index is 14.2. The largest absolute Gasteiger partial charge is 0.493 e. The summed E-state index contributed by atoms with van der Waals surface area (Å²) >= 11 is 0. The van der Waals surface area contributed by atoms with E-state index in [1.165, 1.54) is 6.26 Å². The summed E-state index contributed by atoms with van der Waals surface area (Å²) in [4.78, 5) is 46.0. The molecule has 4 rings (SSSR count). The summed E-state index contributed by atoms with van der Waals surface area (Å²) in [5.41, 5.74) is 1.33. The lowest BCUT2D eigenvalue weighted by atomic mass is 9.90. The molecule has 0 radical (unpaired) electrons. The first-order valence-corrected chi connectivity index (χ1v) is 17.6. The van der Waals surface area contributed by atoms with Crippen molar-refractivity contribution < 1.29 is 38.1 Å². The molecule has 2 aromatic carbocycles. The standard InChI is InChI=1S/C39H55N3O8/c1-9-40(19-18-29-14-11-10-12-15-29)36(44)49-26-30-23-39(27-41(25-30)37(45)50-38(4,5)6)24-34(39)42(28(2)3)35(43)31-16-17-32(47-8)33(22-31)48-21-13-20-46-7/h10-12,14-17,22,26,28,34H,9,13,18-21,23-25,27H2,1-8H3/b30-26+/t34-,39?/m0/s1. The Morgan fingerprint density at radius 3 is 2.42 bits per heavy atom. The Balaban J connectivity index is 1.54. The van der Waals surface area contributed by atoms with Gasteiger partial charge in [0.1, 0.15) is 5.60 Å². The SMILES string of the molecule is CCN(CCc1ccccc1)C(=O)O/C=C1/CN(C(=O)OC(C)(C)C)CC2(C1)C[C@@H]2N(C(=O)c1ccc(OC)c(OCCCOC)c1)C(C)C. The molecule has 274 valence electrons. The van der Waals surface area contributed by atoms with Crippen molar-refractivity contribution in [1.29, 1.82) is 0 Å². The van der Waals surface area contributed by atoms with E-state index in [9.17, 15) is 14.4 Å². The second-order valence-corrected chi connectivity index (χ2v) is 14.4. The minimum absolute atomic E-state index is 0.120. The molecule has 1 saturated heterocycles. The van der Waals surface area contributed by atoms with Crippen molar-refractivity contribution in [2.24, 2.45) is 5.41 Å². The fourth-order valence-electron chi connectivity index (χ4n) is 6.55. The summed E-state index contributed by atoms with van der Waals surface area (Å²) in [5.74, 6) is 0.910. The summed E-state index contributed by atoms with van der Waals surface area (Å²) in [5, 5.41) is 0. The van der Waals surface area contributed by atoms with Crippen LogP contribution in [0.1, 0.15) is 76.7 Å². The number of carbonyl (C=O) groups is 3. The second-order valence-electron chi connectivity index (χ2n) is 14.4. The van der Waals surface area contributed by atoms with E-state index in [4.69, 9.17) is 23.7 Å². The maximum absolute atomic E-state index is 14.2. The van der Waals surface area contributed by atoms with Crippen LogP contribution in [0.4, 0.5) is 9.59 Å². The molecule has 11 heteroatoms. The molecule has 50 heavy (non-hydrogen) atoms. The van der Waals surface area contributed by atoms with Gasteiger partial charge in [-0.15, -0.1) is 0 Å². The first-order valence-electron chi connectivity index (χ1n) is 17.6. The average molecular weight is 694 g/mol. The van der Waals surface area contributed by atoms with Gasteiger partial charge in [-0.3, -0.25) is 4.79 Å².